The first-order valence-corrected chi connectivity index (χ1v) is 11.7. The molecular weight excluding hydrogens is 434 g/mol. The summed E-state index contributed by atoms with van der Waals surface area (Å²) in [7, 11) is 3.61. The molecule has 2 aromatic carbocycles. The van der Waals surface area contributed by atoms with E-state index in [0.717, 1.165) is 27.0 Å². The highest BCUT2D eigenvalue weighted by atomic mass is 32.1. The minimum atomic E-state index is -0.541. The van der Waals surface area contributed by atoms with Crippen LogP contribution in [0.4, 0.5) is 5.69 Å². The topological polar surface area (TPSA) is 63.6 Å². The van der Waals surface area contributed by atoms with Gasteiger partial charge in [-0.3, -0.25) is 9.59 Å². The summed E-state index contributed by atoms with van der Waals surface area (Å²) in [5.74, 6) is -0.747. The molecule has 1 N–H and O–H groups in total. The van der Waals surface area contributed by atoms with Gasteiger partial charge in [0.05, 0.1) is 18.6 Å². The molecule has 2 unspecified atom stereocenters. The highest BCUT2D eigenvalue weighted by molar-refractivity contribution is 7.10. The van der Waals surface area contributed by atoms with Crippen molar-refractivity contribution in [2.75, 3.05) is 25.6 Å². The molecule has 0 spiro atoms. The number of nitrogens with zero attached hydrogens (tertiary/aromatic N) is 2. The highest BCUT2D eigenvalue weighted by Crippen LogP contribution is 2.44. The molecule has 0 saturated heterocycles. The van der Waals surface area contributed by atoms with Crippen molar-refractivity contribution in [3.05, 3.63) is 88.2 Å². The second kappa shape index (κ2) is 8.84. The Kier molecular flexibility index (Phi) is 5.74. The van der Waals surface area contributed by atoms with Crippen molar-refractivity contribution in [2.24, 2.45) is 7.05 Å². The number of aryl methyl sites for hydroxylation is 1. The van der Waals surface area contributed by atoms with E-state index >= 15 is 0 Å². The summed E-state index contributed by atoms with van der Waals surface area (Å²) in [5, 5.41) is 6.17. The van der Waals surface area contributed by atoms with E-state index in [-0.39, 0.29) is 11.8 Å². The van der Waals surface area contributed by atoms with Crippen molar-refractivity contribution in [3.8, 4) is 0 Å². The number of hydrogen-bond acceptors (Lipinski definition) is 4. The Balaban J connectivity index is 1.57. The second-order valence-corrected chi connectivity index (χ2v) is 9.19. The van der Waals surface area contributed by atoms with Crippen LogP contribution in [-0.4, -0.2) is 41.5 Å². The standard InChI is InChI=1S/C26H25N3O3S/c1-28-12-11-17-16-18(9-10-21(17)28)27-25(30)23-19-6-3-4-7-20(19)26(31)29(13-14-32-2)24(23)22-8-5-15-33-22/h3-12,15-16,23-24H,13-14H2,1-2H3,(H,27,30). The number of rotatable bonds is 6. The third-order valence-corrected chi connectivity index (χ3v) is 7.19. The molecule has 0 bridgehead atoms. The van der Waals surface area contributed by atoms with Gasteiger partial charge in [-0.15, -0.1) is 11.3 Å². The van der Waals surface area contributed by atoms with E-state index in [1.165, 1.54) is 0 Å². The maximum Gasteiger partial charge on any atom is 0.254 e. The Morgan fingerprint density at radius 3 is 2.76 bits per heavy atom. The number of ether oxygens (including phenoxy) is 1. The maximum atomic E-state index is 13.8. The molecule has 2 aromatic heterocycles. The molecule has 168 valence electrons. The van der Waals surface area contributed by atoms with Crippen molar-refractivity contribution in [3.63, 3.8) is 0 Å². The zero-order chi connectivity index (χ0) is 22.9. The Labute approximate surface area is 196 Å². The van der Waals surface area contributed by atoms with Crippen molar-refractivity contribution in [1.82, 2.24) is 9.47 Å². The van der Waals surface area contributed by atoms with E-state index in [9.17, 15) is 9.59 Å². The molecule has 0 radical (unpaired) electrons. The van der Waals surface area contributed by atoms with Crippen LogP contribution in [0, 0.1) is 0 Å². The van der Waals surface area contributed by atoms with Crippen LogP contribution < -0.4 is 5.32 Å². The molecule has 3 heterocycles. The number of benzene rings is 2. The number of fused-ring (bicyclic) bond motifs is 2. The van der Waals surface area contributed by atoms with Crippen molar-refractivity contribution in [1.29, 1.82) is 0 Å². The molecule has 2 amide bonds. The molecule has 5 rings (SSSR count). The van der Waals surface area contributed by atoms with Crippen LogP contribution in [0.3, 0.4) is 0 Å². The largest absolute Gasteiger partial charge is 0.383 e. The fraction of sp³-hybridized carbons (Fsp3) is 0.231. The molecule has 2 atom stereocenters. The molecule has 1 aliphatic rings. The zero-order valence-corrected chi connectivity index (χ0v) is 19.3. The lowest BCUT2D eigenvalue weighted by Crippen LogP contribution is -2.47. The number of carbonyl (C=O) groups is 2. The van der Waals surface area contributed by atoms with Gasteiger partial charge in [0.25, 0.3) is 5.91 Å². The van der Waals surface area contributed by atoms with Gasteiger partial charge in [0.2, 0.25) is 5.91 Å². The summed E-state index contributed by atoms with van der Waals surface area (Å²) in [6, 6.07) is 18.9. The first-order chi connectivity index (χ1) is 16.1. The number of nitrogens with one attached hydrogen (secondary N) is 1. The minimum Gasteiger partial charge on any atom is -0.383 e. The van der Waals surface area contributed by atoms with Gasteiger partial charge in [0.15, 0.2) is 0 Å². The van der Waals surface area contributed by atoms with Crippen molar-refractivity contribution < 1.29 is 14.3 Å². The van der Waals surface area contributed by atoms with Gasteiger partial charge in [-0.05, 0) is 47.3 Å². The monoisotopic (exact) mass is 459 g/mol. The summed E-state index contributed by atoms with van der Waals surface area (Å²) < 4.78 is 7.33. The van der Waals surface area contributed by atoms with Crippen LogP contribution >= 0.6 is 11.3 Å². The molecule has 6 nitrogen and oxygen atoms in total. The predicted molar refractivity (Wildman–Crippen MR) is 131 cm³/mol. The molecular formula is C26H25N3O3S. The quantitative estimate of drug-likeness (QED) is 0.450. The van der Waals surface area contributed by atoms with Gasteiger partial charge < -0.3 is 19.5 Å². The minimum absolute atomic E-state index is 0.0733. The van der Waals surface area contributed by atoms with E-state index in [0.29, 0.717) is 18.7 Å². The lowest BCUT2D eigenvalue weighted by Gasteiger charge is -2.41. The fourth-order valence-electron chi connectivity index (χ4n) is 4.67. The third-order valence-electron chi connectivity index (χ3n) is 6.24. The Morgan fingerprint density at radius 1 is 1.12 bits per heavy atom. The van der Waals surface area contributed by atoms with Gasteiger partial charge in [0.1, 0.15) is 0 Å². The molecule has 7 heteroatoms. The van der Waals surface area contributed by atoms with E-state index in [1.54, 1.807) is 29.4 Å². The average molecular weight is 460 g/mol. The van der Waals surface area contributed by atoms with E-state index in [1.807, 2.05) is 77.8 Å². The Bertz CT molecular complexity index is 1310. The van der Waals surface area contributed by atoms with Crippen LogP contribution in [0.2, 0.25) is 0 Å². The first-order valence-electron chi connectivity index (χ1n) is 10.9. The summed E-state index contributed by atoms with van der Waals surface area (Å²) in [4.78, 5) is 30.0. The molecule has 1 aliphatic heterocycles. The average Bonchev–Trinajstić information content (AvgIpc) is 3.48. The zero-order valence-electron chi connectivity index (χ0n) is 18.5. The summed E-state index contributed by atoms with van der Waals surface area (Å²) in [6.07, 6.45) is 2.00. The number of amides is 2. The Morgan fingerprint density at radius 2 is 1.97 bits per heavy atom. The SMILES string of the molecule is COCCN1C(=O)c2ccccc2C(C(=O)Nc2ccc3c(ccn3C)c2)C1c1cccs1. The summed E-state index contributed by atoms with van der Waals surface area (Å²) in [6.45, 7) is 0.806. The van der Waals surface area contributed by atoms with Crippen LogP contribution in [-0.2, 0) is 16.6 Å². The number of anilines is 1. The number of methoxy groups -OCH3 is 1. The second-order valence-electron chi connectivity index (χ2n) is 8.21. The molecule has 0 aliphatic carbocycles. The lowest BCUT2D eigenvalue weighted by atomic mass is 9.81. The van der Waals surface area contributed by atoms with Gasteiger partial charge >= 0.3 is 0 Å². The fourth-order valence-corrected chi connectivity index (χ4v) is 5.54. The molecule has 33 heavy (non-hydrogen) atoms. The van der Waals surface area contributed by atoms with E-state index < -0.39 is 12.0 Å². The van der Waals surface area contributed by atoms with Gasteiger partial charge in [-0.2, -0.15) is 0 Å². The van der Waals surface area contributed by atoms with Gasteiger partial charge in [-0.1, -0.05) is 24.3 Å². The smallest absolute Gasteiger partial charge is 0.254 e. The van der Waals surface area contributed by atoms with Crippen LogP contribution in [0.1, 0.15) is 32.8 Å². The van der Waals surface area contributed by atoms with Crippen molar-refractivity contribution >= 4 is 39.7 Å². The number of aromatic nitrogens is 1. The van der Waals surface area contributed by atoms with Crippen LogP contribution in [0.15, 0.2) is 72.2 Å². The summed E-state index contributed by atoms with van der Waals surface area (Å²) >= 11 is 1.56. The number of carbonyl (C=O) groups excluding carboxylic acids is 2. The van der Waals surface area contributed by atoms with Crippen LogP contribution in [0.25, 0.3) is 10.9 Å². The number of hydrogen-bond donors (Lipinski definition) is 1. The normalized spacial score (nSPS) is 17.9. The van der Waals surface area contributed by atoms with E-state index in [4.69, 9.17) is 4.74 Å². The maximum absolute atomic E-state index is 13.8. The van der Waals surface area contributed by atoms with Crippen molar-refractivity contribution in [2.45, 2.75) is 12.0 Å². The predicted octanol–water partition coefficient (Wildman–Crippen LogP) is 4.81. The lowest BCUT2D eigenvalue weighted by molar-refractivity contribution is -0.119. The van der Waals surface area contributed by atoms with Crippen LogP contribution in [0.5, 0.6) is 0 Å². The Hall–Kier alpha value is -3.42. The summed E-state index contributed by atoms with van der Waals surface area (Å²) in [5.41, 5.74) is 3.16. The molecule has 4 aromatic rings. The number of thiophene rings is 1. The van der Waals surface area contributed by atoms with Gasteiger partial charge in [0, 0.05) is 53.9 Å². The highest BCUT2D eigenvalue weighted by Gasteiger charge is 2.44. The third kappa shape index (κ3) is 3.83. The van der Waals surface area contributed by atoms with E-state index in [2.05, 4.69) is 5.32 Å². The first kappa shape index (κ1) is 21.4. The van der Waals surface area contributed by atoms with Gasteiger partial charge in [-0.25, -0.2) is 0 Å². The molecule has 0 saturated carbocycles. The molecule has 0 fully saturated rings.